The van der Waals surface area contributed by atoms with Crippen LogP contribution < -0.4 is 11.1 Å². The molecule has 0 saturated carbocycles. The van der Waals surface area contributed by atoms with Gasteiger partial charge in [-0.1, -0.05) is 72.8 Å². The van der Waals surface area contributed by atoms with Crippen LogP contribution in [0.4, 0.5) is 0 Å². The standard InChI is InChI=1S/C31H17N5O2S/c37-30-19-12-4-6-14-21(19)32-28-31(38)35(22-15-7-8-16-23(22)36(28)30)27-25-20-13-5-9-17-24(20)39-29(25)34-26(33-27)18-10-2-1-3-11-18/h1-17H. The molecule has 0 aliphatic heterocycles. The van der Waals surface area contributed by atoms with Crippen molar-refractivity contribution < 1.29 is 0 Å². The van der Waals surface area contributed by atoms with Gasteiger partial charge in [-0.15, -0.1) is 11.3 Å². The largest absolute Gasteiger partial charge is 0.300 e. The summed E-state index contributed by atoms with van der Waals surface area (Å²) in [7, 11) is 0. The van der Waals surface area contributed by atoms with Crippen LogP contribution in [0.3, 0.4) is 0 Å². The van der Waals surface area contributed by atoms with E-state index in [0.717, 1.165) is 25.9 Å². The number of rotatable bonds is 2. The zero-order valence-electron chi connectivity index (χ0n) is 20.3. The summed E-state index contributed by atoms with van der Waals surface area (Å²) in [6.45, 7) is 0. The molecular formula is C31H17N5O2S. The first-order valence-corrected chi connectivity index (χ1v) is 13.2. The Kier molecular flexibility index (Phi) is 4.56. The molecule has 8 heteroatoms. The number of aromatic nitrogens is 5. The molecule has 4 aromatic heterocycles. The Bertz CT molecular complexity index is 2390. The van der Waals surface area contributed by atoms with Crippen LogP contribution in [0.15, 0.2) is 113 Å². The molecule has 0 amide bonds. The van der Waals surface area contributed by atoms with Crippen molar-refractivity contribution in [3.05, 3.63) is 124 Å². The predicted molar refractivity (Wildman–Crippen MR) is 156 cm³/mol. The van der Waals surface area contributed by atoms with E-state index in [9.17, 15) is 9.59 Å². The summed E-state index contributed by atoms with van der Waals surface area (Å²) >= 11 is 1.56. The van der Waals surface area contributed by atoms with Crippen LogP contribution in [0.1, 0.15) is 0 Å². The van der Waals surface area contributed by atoms with Gasteiger partial charge in [-0.05, 0) is 30.3 Å². The summed E-state index contributed by atoms with van der Waals surface area (Å²) < 4.78 is 4.05. The van der Waals surface area contributed by atoms with Crippen LogP contribution >= 0.6 is 11.3 Å². The Hall–Kier alpha value is -5.21. The van der Waals surface area contributed by atoms with Gasteiger partial charge in [0.2, 0.25) is 5.65 Å². The Balaban J connectivity index is 1.61. The highest BCUT2D eigenvalue weighted by atomic mass is 32.1. The fraction of sp³-hybridized carbons (Fsp3) is 0. The van der Waals surface area contributed by atoms with Gasteiger partial charge in [0, 0.05) is 15.6 Å². The molecule has 39 heavy (non-hydrogen) atoms. The summed E-state index contributed by atoms with van der Waals surface area (Å²) in [5, 5.41) is 2.21. The van der Waals surface area contributed by atoms with E-state index in [2.05, 4.69) is 4.98 Å². The summed E-state index contributed by atoms with van der Waals surface area (Å²) in [4.78, 5) is 43.4. The van der Waals surface area contributed by atoms with Gasteiger partial charge >= 0.3 is 5.56 Å². The molecule has 7 nitrogen and oxygen atoms in total. The number of nitrogens with zero attached hydrogens (tertiary/aromatic N) is 5. The molecule has 0 saturated heterocycles. The van der Waals surface area contributed by atoms with Crippen LogP contribution in [0.25, 0.3) is 65.1 Å². The van der Waals surface area contributed by atoms with Crippen molar-refractivity contribution in [3.63, 3.8) is 0 Å². The fourth-order valence-electron chi connectivity index (χ4n) is 5.24. The van der Waals surface area contributed by atoms with Gasteiger partial charge in [-0.25, -0.2) is 15.0 Å². The normalized spacial score (nSPS) is 11.8. The lowest BCUT2D eigenvalue weighted by Gasteiger charge is -2.15. The van der Waals surface area contributed by atoms with E-state index in [-0.39, 0.29) is 11.2 Å². The molecule has 0 bridgehead atoms. The minimum absolute atomic E-state index is 0.0463. The first-order valence-electron chi connectivity index (χ1n) is 12.4. The van der Waals surface area contributed by atoms with Gasteiger partial charge in [-0.2, -0.15) is 0 Å². The molecule has 0 fully saturated rings. The molecule has 0 radical (unpaired) electrons. The van der Waals surface area contributed by atoms with Crippen LogP contribution in [0.5, 0.6) is 0 Å². The maximum absolute atomic E-state index is 14.4. The van der Waals surface area contributed by atoms with Crippen molar-refractivity contribution in [2.24, 2.45) is 0 Å². The molecule has 0 spiro atoms. The van der Waals surface area contributed by atoms with Crippen molar-refractivity contribution in [3.8, 4) is 17.2 Å². The van der Waals surface area contributed by atoms with Crippen molar-refractivity contribution in [1.29, 1.82) is 0 Å². The van der Waals surface area contributed by atoms with Crippen LogP contribution in [-0.4, -0.2) is 23.9 Å². The number of hydrogen-bond acceptors (Lipinski definition) is 6. The number of para-hydroxylation sites is 3. The Morgan fingerprint density at radius 2 is 1.31 bits per heavy atom. The molecule has 4 heterocycles. The van der Waals surface area contributed by atoms with Gasteiger partial charge in [-0.3, -0.25) is 18.6 Å². The van der Waals surface area contributed by atoms with Gasteiger partial charge in [0.05, 0.1) is 27.3 Å². The molecule has 0 aliphatic rings. The lowest BCUT2D eigenvalue weighted by atomic mass is 10.1. The molecule has 8 rings (SSSR count). The van der Waals surface area contributed by atoms with Crippen molar-refractivity contribution >= 4 is 59.2 Å². The molecular weight excluding hydrogens is 506 g/mol. The first-order chi connectivity index (χ1) is 19.2. The first kappa shape index (κ1) is 21.8. The minimum Gasteiger partial charge on any atom is -0.268 e. The summed E-state index contributed by atoms with van der Waals surface area (Å²) in [6, 6.07) is 32.2. The van der Waals surface area contributed by atoms with E-state index in [0.29, 0.717) is 33.6 Å². The van der Waals surface area contributed by atoms with Crippen LogP contribution in [0.2, 0.25) is 0 Å². The summed E-state index contributed by atoms with van der Waals surface area (Å²) in [6.07, 6.45) is 0. The number of thiophene rings is 1. The van der Waals surface area contributed by atoms with E-state index in [4.69, 9.17) is 9.97 Å². The molecule has 4 aromatic carbocycles. The van der Waals surface area contributed by atoms with Gasteiger partial charge in [0.15, 0.2) is 11.6 Å². The van der Waals surface area contributed by atoms with Gasteiger partial charge in [0.25, 0.3) is 5.56 Å². The highest BCUT2D eigenvalue weighted by molar-refractivity contribution is 7.25. The van der Waals surface area contributed by atoms with Crippen molar-refractivity contribution in [1.82, 2.24) is 23.9 Å². The van der Waals surface area contributed by atoms with E-state index in [1.54, 1.807) is 34.1 Å². The SMILES string of the molecule is O=c1c2nc3ccccc3c(=O)n2c2ccccc2n1-c1nc(-c2ccccc2)nc2sc3ccccc3c12. The third-order valence-electron chi connectivity index (χ3n) is 7.00. The number of benzene rings is 4. The minimum atomic E-state index is -0.425. The molecule has 0 aliphatic carbocycles. The lowest BCUT2D eigenvalue weighted by Crippen LogP contribution is -2.29. The monoisotopic (exact) mass is 523 g/mol. The average Bonchev–Trinajstić information content (AvgIpc) is 3.36. The number of hydrogen-bond donors (Lipinski definition) is 0. The summed E-state index contributed by atoms with van der Waals surface area (Å²) in [5.41, 5.74) is 1.79. The maximum Gasteiger partial charge on any atom is 0.300 e. The molecule has 0 unspecified atom stereocenters. The predicted octanol–water partition coefficient (Wildman–Crippen LogP) is 5.98. The van der Waals surface area contributed by atoms with Crippen molar-refractivity contribution in [2.45, 2.75) is 0 Å². The highest BCUT2D eigenvalue weighted by Gasteiger charge is 2.22. The quantitative estimate of drug-likeness (QED) is 0.206. The van der Waals surface area contributed by atoms with Crippen molar-refractivity contribution in [2.75, 3.05) is 0 Å². The molecule has 0 N–H and O–H groups in total. The van der Waals surface area contributed by atoms with Crippen LogP contribution in [-0.2, 0) is 0 Å². The second-order valence-corrected chi connectivity index (χ2v) is 10.3. The Labute approximate surface area is 223 Å². The van der Waals surface area contributed by atoms with Gasteiger partial charge < -0.3 is 0 Å². The zero-order chi connectivity index (χ0) is 26.1. The maximum atomic E-state index is 14.4. The second kappa shape index (κ2) is 8.14. The zero-order valence-corrected chi connectivity index (χ0v) is 21.1. The van der Waals surface area contributed by atoms with Gasteiger partial charge in [0.1, 0.15) is 4.83 Å². The molecule has 8 aromatic rings. The third-order valence-corrected chi connectivity index (χ3v) is 8.06. The molecule has 184 valence electrons. The lowest BCUT2D eigenvalue weighted by molar-refractivity contribution is 0.957. The van der Waals surface area contributed by atoms with E-state index >= 15 is 0 Å². The number of fused-ring (bicyclic) bond motifs is 7. The fourth-order valence-corrected chi connectivity index (χ4v) is 6.31. The second-order valence-electron chi connectivity index (χ2n) is 9.24. The smallest absolute Gasteiger partial charge is 0.268 e. The molecule has 0 atom stereocenters. The third kappa shape index (κ3) is 3.12. The van der Waals surface area contributed by atoms with E-state index in [1.165, 1.54) is 4.40 Å². The topological polar surface area (TPSA) is 82.1 Å². The summed E-state index contributed by atoms with van der Waals surface area (Å²) in [5.74, 6) is 0.979. The highest BCUT2D eigenvalue weighted by Crippen LogP contribution is 2.37. The van der Waals surface area contributed by atoms with E-state index in [1.807, 2.05) is 84.9 Å². The van der Waals surface area contributed by atoms with E-state index < -0.39 is 5.56 Å². The average molecular weight is 524 g/mol. The Morgan fingerprint density at radius 1 is 0.615 bits per heavy atom. The Morgan fingerprint density at radius 3 is 2.15 bits per heavy atom. The van der Waals surface area contributed by atoms with Crippen LogP contribution in [0, 0.1) is 0 Å².